The van der Waals surface area contributed by atoms with Crippen molar-refractivity contribution in [2.45, 2.75) is 32.6 Å². The summed E-state index contributed by atoms with van der Waals surface area (Å²) < 4.78 is 48.6. The van der Waals surface area contributed by atoms with E-state index in [1.165, 1.54) is 12.1 Å². The molecule has 0 aliphatic carbocycles. The zero-order chi connectivity index (χ0) is 18.7. The van der Waals surface area contributed by atoms with Crippen molar-refractivity contribution in [3.8, 4) is 11.4 Å². The van der Waals surface area contributed by atoms with Crippen LogP contribution in [0.4, 0.5) is 13.2 Å². The molecule has 2 aromatic heterocycles. The number of hydrogen-bond donors (Lipinski definition) is 0. The minimum atomic E-state index is -4.43. The van der Waals surface area contributed by atoms with Gasteiger partial charge in [0, 0.05) is 12.0 Å². The van der Waals surface area contributed by atoms with Crippen LogP contribution in [0.15, 0.2) is 33.3 Å². The van der Waals surface area contributed by atoms with Crippen LogP contribution in [0, 0.1) is 0 Å². The molecular weight excluding hydrogens is 351 g/mol. The SMILES string of the molecule is CCc1noc(CN(C)Cc2nc(-c3cccc(C(F)(F)F)c3)no2)n1. The van der Waals surface area contributed by atoms with Crippen LogP contribution < -0.4 is 0 Å². The average molecular weight is 367 g/mol. The van der Waals surface area contributed by atoms with Crippen molar-refractivity contribution < 1.29 is 22.2 Å². The summed E-state index contributed by atoms with van der Waals surface area (Å²) in [5.74, 6) is 1.46. The van der Waals surface area contributed by atoms with Gasteiger partial charge >= 0.3 is 6.18 Å². The van der Waals surface area contributed by atoms with Gasteiger partial charge in [-0.05, 0) is 19.2 Å². The molecule has 7 nitrogen and oxygen atoms in total. The Bertz CT molecular complexity index is 875. The standard InChI is InChI=1S/C16H16F3N5O2/c1-3-12-20-13(25-22-12)8-24(2)9-14-21-15(23-26-14)10-5-4-6-11(7-10)16(17,18)19/h4-7H,3,8-9H2,1-2H3. The molecule has 0 saturated carbocycles. The first kappa shape index (κ1) is 18.1. The van der Waals surface area contributed by atoms with Crippen LogP contribution in [-0.2, 0) is 25.7 Å². The summed E-state index contributed by atoms with van der Waals surface area (Å²) in [5, 5.41) is 7.57. The van der Waals surface area contributed by atoms with Crippen molar-refractivity contribution in [2.75, 3.05) is 7.05 Å². The van der Waals surface area contributed by atoms with E-state index >= 15 is 0 Å². The number of rotatable bonds is 6. The van der Waals surface area contributed by atoms with Crippen molar-refractivity contribution in [3.05, 3.63) is 47.4 Å². The first-order valence-electron chi connectivity index (χ1n) is 7.85. The van der Waals surface area contributed by atoms with E-state index in [1.807, 2.05) is 11.8 Å². The van der Waals surface area contributed by atoms with Crippen molar-refractivity contribution in [3.63, 3.8) is 0 Å². The zero-order valence-corrected chi connectivity index (χ0v) is 14.1. The molecule has 0 bridgehead atoms. The summed E-state index contributed by atoms with van der Waals surface area (Å²) in [4.78, 5) is 10.2. The van der Waals surface area contributed by atoms with Crippen LogP contribution in [0.5, 0.6) is 0 Å². The highest BCUT2D eigenvalue weighted by Gasteiger charge is 2.30. The third-order valence-corrected chi connectivity index (χ3v) is 3.55. The molecule has 10 heteroatoms. The first-order chi connectivity index (χ1) is 12.3. The highest BCUT2D eigenvalue weighted by Crippen LogP contribution is 2.31. The molecule has 0 N–H and O–H groups in total. The minimum absolute atomic E-state index is 0.102. The highest BCUT2D eigenvalue weighted by atomic mass is 19.4. The van der Waals surface area contributed by atoms with Gasteiger partial charge in [-0.3, -0.25) is 4.90 Å². The molecule has 138 valence electrons. The van der Waals surface area contributed by atoms with E-state index in [4.69, 9.17) is 9.05 Å². The molecule has 1 aromatic carbocycles. The number of aromatic nitrogens is 4. The lowest BCUT2D eigenvalue weighted by Crippen LogP contribution is -2.17. The number of nitrogens with zero attached hydrogens (tertiary/aromatic N) is 5. The molecule has 0 aliphatic rings. The Morgan fingerprint density at radius 1 is 1.04 bits per heavy atom. The van der Waals surface area contributed by atoms with Crippen LogP contribution in [0.2, 0.25) is 0 Å². The summed E-state index contributed by atoms with van der Waals surface area (Å²) in [6.07, 6.45) is -3.75. The Morgan fingerprint density at radius 2 is 1.73 bits per heavy atom. The smallest absolute Gasteiger partial charge is 0.338 e. The fourth-order valence-corrected chi connectivity index (χ4v) is 2.29. The largest absolute Gasteiger partial charge is 0.416 e. The Morgan fingerprint density at radius 3 is 2.38 bits per heavy atom. The van der Waals surface area contributed by atoms with Gasteiger partial charge in [0.05, 0.1) is 18.7 Å². The lowest BCUT2D eigenvalue weighted by molar-refractivity contribution is -0.137. The van der Waals surface area contributed by atoms with E-state index in [0.717, 1.165) is 12.1 Å². The molecule has 0 spiro atoms. The van der Waals surface area contributed by atoms with Crippen molar-refractivity contribution in [1.82, 2.24) is 25.2 Å². The van der Waals surface area contributed by atoms with E-state index in [0.29, 0.717) is 24.7 Å². The van der Waals surface area contributed by atoms with Crippen molar-refractivity contribution in [1.29, 1.82) is 0 Å². The molecule has 0 saturated heterocycles. The molecule has 2 heterocycles. The van der Waals surface area contributed by atoms with Gasteiger partial charge in [-0.25, -0.2) is 0 Å². The number of hydrogen-bond acceptors (Lipinski definition) is 7. The molecule has 0 fully saturated rings. The van der Waals surface area contributed by atoms with Gasteiger partial charge in [0.2, 0.25) is 17.6 Å². The molecular formula is C16H16F3N5O2. The Kier molecular flexibility index (Phi) is 5.03. The molecule has 0 unspecified atom stereocenters. The maximum absolute atomic E-state index is 12.8. The van der Waals surface area contributed by atoms with Crippen LogP contribution >= 0.6 is 0 Å². The topological polar surface area (TPSA) is 81.1 Å². The monoisotopic (exact) mass is 367 g/mol. The maximum atomic E-state index is 12.8. The van der Waals surface area contributed by atoms with Crippen LogP contribution in [0.3, 0.4) is 0 Å². The molecule has 3 aromatic rings. The molecule has 0 radical (unpaired) electrons. The molecule has 3 rings (SSSR count). The Hall–Kier alpha value is -2.75. The molecule has 0 atom stereocenters. The predicted octanol–water partition coefficient (Wildman–Crippen LogP) is 3.33. The van der Waals surface area contributed by atoms with E-state index in [2.05, 4.69) is 20.3 Å². The average Bonchev–Trinajstić information content (AvgIpc) is 3.23. The second-order valence-corrected chi connectivity index (χ2v) is 5.72. The lowest BCUT2D eigenvalue weighted by Gasteiger charge is -2.10. The summed E-state index contributed by atoms with van der Waals surface area (Å²) in [6, 6.07) is 4.79. The summed E-state index contributed by atoms with van der Waals surface area (Å²) in [6.45, 7) is 2.59. The van der Waals surface area contributed by atoms with Gasteiger partial charge in [0.15, 0.2) is 5.82 Å². The highest BCUT2D eigenvalue weighted by molar-refractivity contribution is 5.55. The third-order valence-electron chi connectivity index (χ3n) is 3.55. The Balaban J connectivity index is 1.68. The van der Waals surface area contributed by atoms with Gasteiger partial charge in [0.25, 0.3) is 0 Å². The van der Waals surface area contributed by atoms with Gasteiger partial charge in [-0.2, -0.15) is 23.1 Å². The van der Waals surface area contributed by atoms with Crippen LogP contribution in [-0.4, -0.2) is 32.2 Å². The fourth-order valence-electron chi connectivity index (χ4n) is 2.29. The third kappa shape index (κ3) is 4.26. The van der Waals surface area contributed by atoms with Gasteiger partial charge in [-0.15, -0.1) is 0 Å². The van der Waals surface area contributed by atoms with E-state index in [9.17, 15) is 13.2 Å². The second kappa shape index (κ2) is 7.24. The fraction of sp³-hybridized carbons (Fsp3) is 0.375. The maximum Gasteiger partial charge on any atom is 0.416 e. The van der Waals surface area contributed by atoms with Crippen molar-refractivity contribution >= 4 is 0 Å². The van der Waals surface area contributed by atoms with Crippen LogP contribution in [0.25, 0.3) is 11.4 Å². The number of benzene rings is 1. The van der Waals surface area contributed by atoms with E-state index in [1.54, 1.807) is 7.05 Å². The molecule has 26 heavy (non-hydrogen) atoms. The molecule has 0 aliphatic heterocycles. The van der Waals surface area contributed by atoms with E-state index in [-0.39, 0.29) is 23.8 Å². The number of halogens is 3. The van der Waals surface area contributed by atoms with Gasteiger partial charge in [-0.1, -0.05) is 29.4 Å². The molecule has 0 amide bonds. The van der Waals surface area contributed by atoms with Crippen molar-refractivity contribution in [2.24, 2.45) is 0 Å². The number of alkyl halides is 3. The summed E-state index contributed by atoms with van der Waals surface area (Å²) >= 11 is 0. The first-order valence-corrected chi connectivity index (χ1v) is 7.85. The van der Waals surface area contributed by atoms with Gasteiger partial charge in [0.1, 0.15) is 0 Å². The van der Waals surface area contributed by atoms with Crippen LogP contribution in [0.1, 0.15) is 30.1 Å². The quantitative estimate of drug-likeness (QED) is 0.661. The predicted molar refractivity (Wildman–Crippen MR) is 83.6 cm³/mol. The summed E-state index contributed by atoms with van der Waals surface area (Å²) in [7, 11) is 1.80. The van der Waals surface area contributed by atoms with E-state index < -0.39 is 11.7 Å². The lowest BCUT2D eigenvalue weighted by atomic mass is 10.1. The minimum Gasteiger partial charge on any atom is -0.338 e. The zero-order valence-electron chi connectivity index (χ0n) is 14.1. The normalized spacial score (nSPS) is 12.1. The summed E-state index contributed by atoms with van der Waals surface area (Å²) in [5.41, 5.74) is -0.524. The van der Waals surface area contributed by atoms with Gasteiger partial charge < -0.3 is 9.05 Å². The Labute approximate surface area is 146 Å². The number of aryl methyl sites for hydroxylation is 1. The second-order valence-electron chi connectivity index (χ2n) is 5.72.